The fourth-order valence-corrected chi connectivity index (χ4v) is 3.27. The third kappa shape index (κ3) is 2.68. The summed E-state index contributed by atoms with van der Waals surface area (Å²) in [6.07, 6.45) is 9.70. The lowest BCUT2D eigenvalue weighted by atomic mass is 10.1. The Kier molecular flexibility index (Phi) is 4.03. The van der Waals surface area contributed by atoms with Gasteiger partial charge in [0, 0.05) is 17.1 Å². The van der Waals surface area contributed by atoms with Crippen molar-refractivity contribution >= 4 is 49.6 Å². The van der Waals surface area contributed by atoms with Gasteiger partial charge in [-0.1, -0.05) is 28.1 Å². The summed E-state index contributed by atoms with van der Waals surface area (Å²) in [7, 11) is 0. The van der Waals surface area contributed by atoms with E-state index in [1.54, 1.807) is 6.20 Å². The molecule has 134 valence electrons. The second kappa shape index (κ2) is 6.24. The van der Waals surface area contributed by atoms with Gasteiger partial charge < -0.3 is 5.32 Å². The molecule has 0 radical (unpaired) electrons. The van der Waals surface area contributed by atoms with E-state index in [0.29, 0.717) is 21.9 Å². The molecule has 1 amide bonds. The van der Waals surface area contributed by atoms with Crippen LogP contribution in [0.5, 0.6) is 0 Å². The third-order valence-electron chi connectivity index (χ3n) is 4.15. The Morgan fingerprint density at radius 1 is 1.38 bits per heavy atom. The Labute approximate surface area is 156 Å². The van der Waals surface area contributed by atoms with Gasteiger partial charge in [0.15, 0.2) is 5.65 Å². The molecular formula is C17H17BrN6O2. The SMILES string of the molecule is CC(C)NC(=O)n1ncc2c3[nH]n(C4=CCC(Br)C=C4)c(=O)c3cnc21. The van der Waals surface area contributed by atoms with E-state index in [1.165, 1.54) is 15.6 Å². The molecular weight excluding hydrogens is 400 g/mol. The van der Waals surface area contributed by atoms with Gasteiger partial charge in [0.25, 0.3) is 5.56 Å². The number of rotatable bonds is 2. The van der Waals surface area contributed by atoms with Crippen molar-refractivity contribution in [3.8, 4) is 0 Å². The molecule has 0 saturated heterocycles. The lowest BCUT2D eigenvalue weighted by Gasteiger charge is -2.10. The van der Waals surface area contributed by atoms with Crippen LogP contribution in [-0.2, 0) is 0 Å². The van der Waals surface area contributed by atoms with Gasteiger partial charge in [-0.15, -0.1) is 0 Å². The van der Waals surface area contributed by atoms with Crippen LogP contribution >= 0.6 is 15.9 Å². The van der Waals surface area contributed by atoms with Gasteiger partial charge in [-0.2, -0.15) is 9.78 Å². The highest BCUT2D eigenvalue weighted by Crippen LogP contribution is 2.23. The van der Waals surface area contributed by atoms with Crippen LogP contribution in [-0.4, -0.2) is 41.4 Å². The minimum Gasteiger partial charge on any atom is -0.334 e. The van der Waals surface area contributed by atoms with Crippen molar-refractivity contribution in [1.82, 2.24) is 29.9 Å². The molecule has 3 heterocycles. The van der Waals surface area contributed by atoms with Crippen LogP contribution in [0.2, 0.25) is 0 Å². The van der Waals surface area contributed by atoms with E-state index in [0.717, 1.165) is 12.1 Å². The standard InChI is InChI=1S/C17H17BrN6O2/c1-9(2)21-17(26)24-15-12(8-20-24)14-13(7-19-15)16(25)23(22-14)11-5-3-10(18)4-6-11/h3,5-10,22H,4H2,1-2H3,(H,21,26). The molecule has 3 aromatic heterocycles. The normalized spacial score (nSPS) is 17.2. The van der Waals surface area contributed by atoms with Gasteiger partial charge in [-0.25, -0.2) is 14.5 Å². The minimum atomic E-state index is -0.357. The van der Waals surface area contributed by atoms with Crippen molar-refractivity contribution in [2.45, 2.75) is 31.1 Å². The molecule has 3 aromatic rings. The molecule has 9 heteroatoms. The first kappa shape index (κ1) is 16.8. The lowest BCUT2D eigenvalue weighted by molar-refractivity contribution is 0.238. The molecule has 0 aromatic carbocycles. The number of hydrogen-bond acceptors (Lipinski definition) is 4. The Bertz CT molecular complexity index is 1130. The average Bonchev–Trinajstić information content (AvgIpc) is 3.17. The number of alkyl halides is 1. The summed E-state index contributed by atoms with van der Waals surface area (Å²) in [6.45, 7) is 3.74. The van der Waals surface area contributed by atoms with Crippen LogP contribution in [0.3, 0.4) is 0 Å². The largest absolute Gasteiger partial charge is 0.344 e. The molecule has 1 aliphatic rings. The number of amides is 1. The number of allylic oxidation sites excluding steroid dienone is 4. The highest BCUT2D eigenvalue weighted by molar-refractivity contribution is 9.09. The van der Waals surface area contributed by atoms with Crippen molar-refractivity contribution in [1.29, 1.82) is 0 Å². The Balaban J connectivity index is 1.86. The molecule has 1 atom stereocenters. The lowest BCUT2D eigenvalue weighted by Crippen LogP contribution is -2.34. The molecule has 26 heavy (non-hydrogen) atoms. The van der Waals surface area contributed by atoms with Crippen LogP contribution in [0.15, 0.2) is 35.4 Å². The van der Waals surface area contributed by atoms with Crippen molar-refractivity contribution in [3.05, 3.63) is 41.0 Å². The average molecular weight is 417 g/mol. The first-order valence-corrected chi connectivity index (χ1v) is 9.18. The van der Waals surface area contributed by atoms with Crippen LogP contribution in [0, 0.1) is 0 Å². The quantitative estimate of drug-likeness (QED) is 0.627. The van der Waals surface area contributed by atoms with Crippen molar-refractivity contribution < 1.29 is 4.79 Å². The summed E-state index contributed by atoms with van der Waals surface area (Å²) >= 11 is 3.52. The summed E-state index contributed by atoms with van der Waals surface area (Å²) in [6, 6.07) is -0.375. The zero-order chi connectivity index (χ0) is 18.4. The third-order valence-corrected chi connectivity index (χ3v) is 4.83. The van der Waals surface area contributed by atoms with Gasteiger partial charge in [0.1, 0.15) is 0 Å². The summed E-state index contributed by atoms with van der Waals surface area (Å²) in [5.74, 6) is 0. The van der Waals surface area contributed by atoms with E-state index < -0.39 is 0 Å². The van der Waals surface area contributed by atoms with E-state index in [9.17, 15) is 9.59 Å². The van der Waals surface area contributed by atoms with Crippen molar-refractivity contribution in [2.24, 2.45) is 0 Å². The second-order valence-electron chi connectivity index (χ2n) is 6.44. The van der Waals surface area contributed by atoms with Gasteiger partial charge in [-0.05, 0) is 26.3 Å². The van der Waals surface area contributed by atoms with Gasteiger partial charge in [0.2, 0.25) is 0 Å². The Morgan fingerprint density at radius 3 is 2.88 bits per heavy atom. The number of fused-ring (bicyclic) bond motifs is 3. The molecule has 0 spiro atoms. The molecule has 0 saturated carbocycles. The number of H-pyrrole nitrogens is 1. The number of carbonyl (C=O) groups is 1. The number of aromatic nitrogens is 5. The molecule has 1 aliphatic carbocycles. The number of aromatic amines is 1. The summed E-state index contributed by atoms with van der Waals surface area (Å²) < 4.78 is 2.70. The van der Waals surface area contributed by atoms with Crippen LogP contribution in [0.4, 0.5) is 4.79 Å². The van der Waals surface area contributed by atoms with Gasteiger partial charge in [0.05, 0.1) is 28.2 Å². The fraction of sp³-hybridized carbons (Fsp3) is 0.294. The monoisotopic (exact) mass is 416 g/mol. The zero-order valence-electron chi connectivity index (χ0n) is 14.2. The van der Waals surface area contributed by atoms with E-state index in [4.69, 9.17) is 0 Å². The summed E-state index contributed by atoms with van der Waals surface area (Å²) in [5.41, 5.74) is 1.61. The van der Waals surface area contributed by atoms with E-state index >= 15 is 0 Å². The predicted octanol–water partition coefficient (Wildman–Crippen LogP) is 2.60. The number of halogens is 1. The van der Waals surface area contributed by atoms with E-state index in [-0.39, 0.29) is 22.5 Å². The highest BCUT2D eigenvalue weighted by Gasteiger charge is 2.19. The van der Waals surface area contributed by atoms with Crippen molar-refractivity contribution in [3.63, 3.8) is 0 Å². The number of hydrogen-bond donors (Lipinski definition) is 2. The number of nitrogens with zero attached hydrogens (tertiary/aromatic N) is 4. The van der Waals surface area contributed by atoms with Crippen molar-refractivity contribution in [2.75, 3.05) is 0 Å². The Hall–Kier alpha value is -2.68. The molecule has 2 N–H and O–H groups in total. The molecule has 4 rings (SSSR count). The minimum absolute atomic E-state index is 0.0188. The maximum atomic E-state index is 12.7. The number of carbonyl (C=O) groups excluding carboxylic acids is 1. The maximum Gasteiger partial charge on any atom is 0.344 e. The number of nitrogens with one attached hydrogen (secondary N) is 2. The van der Waals surface area contributed by atoms with Crippen LogP contribution in [0.25, 0.3) is 27.6 Å². The van der Waals surface area contributed by atoms with E-state index in [2.05, 4.69) is 36.4 Å². The molecule has 0 bridgehead atoms. The molecule has 0 fully saturated rings. The van der Waals surface area contributed by atoms with Crippen LogP contribution in [0.1, 0.15) is 20.3 Å². The molecule has 1 unspecified atom stereocenters. The Morgan fingerprint density at radius 2 is 2.19 bits per heavy atom. The predicted molar refractivity (Wildman–Crippen MR) is 103 cm³/mol. The first-order chi connectivity index (χ1) is 12.5. The van der Waals surface area contributed by atoms with Crippen LogP contribution < -0.4 is 10.9 Å². The zero-order valence-corrected chi connectivity index (χ0v) is 15.8. The van der Waals surface area contributed by atoms with Gasteiger partial charge in [-0.3, -0.25) is 9.89 Å². The molecule has 8 nitrogen and oxygen atoms in total. The smallest absolute Gasteiger partial charge is 0.334 e. The maximum absolute atomic E-state index is 12.7. The van der Waals surface area contributed by atoms with Gasteiger partial charge >= 0.3 is 6.03 Å². The highest BCUT2D eigenvalue weighted by atomic mass is 79.9. The number of pyridine rings is 1. The van der Waals surface area contributed by atoms with E-state index in [1.807, 2.05) is 32.1 Å². The first-order valence-electron chi connectivity index (χ1n) is 8.27. The second-order valence-corrected chi connectivity index (χ2v) is 7.61. The fourth-order valence-electron chi connectivity index (χ4n) is 2.93. The summed E-state index contributed by atoms with van der Waals surface area (Å²) in [5, 5.41) is 11.1. The molecule has 0 aliphatic heterocycles. The summed E-state index contributed by atoms with van der Waals surface area (Å²) in [4.78, 5) is 29.6. The topological polar surface area (TPSA) is 97.6 Å².